The molecule has 9 aromatic carbocycles. The van der Waals surface area contributed by atoms with Crippen molar-refractivity contribution in [3.63, 3.8) is 0 Å². The summed E-state index contributed by atoms with van der Waals surface area (Å²) in [5.74, 6) is 0. The minimum Gasteiger partial charge on any atom is -0.397 e. The Labute approximate surface area is 355 Å². The van der Waals surface area contributed by atoms with Crippen LogP contribution in [0.15, 0.2) is 188 Å². The minimum atomic E-state index is 0.501. The zero-order valence-corrected chi connectivity index (χ0v) is 33.7. The van der Waals surface area contributed by atoms with Gasteiger partial charge in [-0.2, -0.15) is 5.26 Å². The van der Waals surface area contributed by atoms with Gasteiger partial charge in [0.2, 0.25) is 0 Å². The van der Waals surface area contributed by atoms with Crippen LogP contribution >= 0.6 is 0 Å². The molecule has 13 aromatic rings. The van der Waals surface area contributed by atoms with E-state index in [0.29, 0.717) is 11.3 Å². The SMILES string of the molecule is Cc1cccc(-n2c3ccccc3c3ccc4c(c5ccccc5n4-c4cc(-n5c6ccccc6c6c5ccc5c7ccccc7n(-c7ccccc7)c56)c(N)cc4C#N)c32)c1. The van der Waals surface area contributed by atoms with E-state index in [1.165, 1.54) is 27.1 Å². The summed E-state index contributed by atoms with van der Waals surface area (Å²) in [6.45, 7) is 2.14. The zero-order valence-electron chi connectivity index (χ0n) is 33.7. The molecule has 6 nitrogen and oxygen atoms in total. The quantitative estimate of drug-likeness (QED) is 0.180. The fourth-order valence-corrected chi connectivity index (χ4v) is 10.5. The third kappa shape index (κ3) is 4.56. The maximum absolute atomic E-state index is 10.9. The molecule has 0 amide bonds. The van der Waals surface area contributed by atoms with Gasteiger partial charge in [0.15, 0.2) is 0 Å². The topological polar surface area (TPSA) is 69.5 Å². The first kappa shape index (κ1) is 34.3. The molecule has 0 radical (unpaired) electrons. The number of nitrogens with zero attached hydrogens (tertiary/aromatic N) is 5. The lowest BCUT2D eigenvalue weighted by Crippen LogP contribution is -2.05. The summed E-state index contributed by atoms with van der Waals surface area (Å²) in [4.78, 5) is 0. The molecule has 2 N–H and O–H groups in total. The maximum Gasteiger partial charge on any atom is 0.101 e. The highest BCUT2D eigenvalue weighted by Crippen LogP contribution is 2.45. The molecule has 0 aliphatic rings. The fourth-order valence-electron chi connectivity index (χ4n) is 10.5. The molecule has 0 aliphatic carbocycles. The Morgan fingerprint density at radius 1 is 0.387 bits per heavy atom. The third-order valence-corrected chi connectivity index (χ3v) is 13.0. The van der Waals surface area contributed by atoms with Gasteiger partial charge >= 0.3 is 0 Å². The molecular formula is C56H36N6. The summed E-state index contributed by atoms with van der Waals surface area (Å²) >= 11 is 0. The van der Waals surface area contributed by atoms with Gasteiger partial charge in [0.1, 0.15) is 6.07 Å². The summed E-state index contributed by atoms with van der Waals surface area (Å²) in [7, 11) is 0. The van der Waals surface area contributed by atoms with Crippen molar-refractivity contribution in [2.45, 2.75) is 6.92 Å². The van der Waals surface area contributed by atoms with Crippen LogP contribution < -0.4 is 5.73 Å². The molecule has 4 aromatic heterocycles. The molecule has 62 heavy (non-hydrogen) atoms. The van der Waals surface area contributed by atoms with E-state index in [-0.39, 0.29) is 0 Å². The number of fused-ring (bicyclic) bond motifs is 14. The van der Waals surface area contributed by atoms with E-state index in [1.54, 1.807) is 0 Å². The van der Waals surface area contributed by atoms with Gasteiger partial charge in [-0.15, -0.1) is 0 Å². The molecule has 290 valence electrons. The predicted octanol–water partition coefficient (Wildman–Crippen LogP) is 13.8. The molecule has 0 saturated heterocycles. The van der Waals surface area contributed by atoms with Crippen LogP contribution in [0.3, 0.4) is 0 Å². The lowest BCUT2D eigenvalue weighted by atomic mass is 10.1. The summed E-state index contributed by atoms with van der Waals surface area (Å²) in [5.41, 5.74) is 21.8. The second kappa shape index (κ2) is 12.7. The van der Waals surface area contributed by atoms with Gasteiger partial charge in [0.25, 0.3) is 0 Å². The van der Waals surface area contributed by atoms with Gasteiger partial charge in [-0.1, -0.05) is 115 Å². The highest BCUT2D eigenvalue weighted by Gasteiger charge is 2.25. The van der Waals surface area contributed by atoms with E-state index in [9.17, 15) is 5.26 Å². The summed E-state index contributed by atoms with van der Waals surface area (Å²) in [6.07, 6.45) is 0. The number of hydrogen-bond donors (Lipinski definition) is 1. The zero-order chi connectivity index (χ0) is 41.2. The Kier molecular flexibility index (Phi) is 7.05. The molecule has 0 unspecified atom stereocenters. The van der Waals surface area contributed by atoms with Gasteiger partial charge in [-0.25, -0.2) is 0 Å². The van der Waals surface area contributed by atoms with Gasteiger partial charge in [0.05, 0.1) is 66.8 Å². The molecule has 0 bridgehead atoms. The van der Waals surface area contributed by atoms with E-state index in [0.717, 1.165) is 88.4 Å². The number of nitrogen functional groups attached to an aromatic ring is 1. The predicted molar refractivity (Wildman–Crippen MR) is 258 cm³/mol. The Morgan fingerprint density at radius 2 is 0.855 bits per heavy atom. The van der Waals surface area contributed by atoms with Crippen molar-refractivity contribution in [3.8, 4) is 28.8 Å². The average Bonchev–Trinajstić information content (AvgIpc) is 4.04. The second-order valence-electron chi connectivity index (χ2n) is 16.3. The van der Waals surface area contributed by atoms with E-state index < -0.39 is 0 Å². The van der Waals surface area contributed by atoms with E-state index >= 15 is 0 Å². The van der Waals surface area contributed by atoms with Crippen LogP contribution in [-0.4, -0.2) is 18.3 Å². The average molecular weight is 793 g/mol. The fraction of sp³-hybridized carbons (Fsp3) is 0.0179. The lowest BCUT2D eigenvalue weighted by molar-refractivity contribution is 1.13. The second-order valence-corrected chi connectivity index (χ2v) is 16.3. The largest absolute Gasteiger partial charge is 0.397 e. The van der Waals surface area contributed by atoms with E-state index in [1.807, 2.05) is 6.07 Å². The van der Waals surface area contributed by atoms with Crippen LogP contribution in [0.4, 0.5) is 5.69 Å². The Morgan fingerprint density at radius 3 is 1.40 bits per heavy atom. The van der Waals surface area contributed by atoms with Gasteiger partial charge < -0.3 is 24.0 Å². The first-order valence-corrected chi connectivity index (χ1v) is 21.0. The lowest BCUT2D eigenvalue weighted by Gasteiger charge is -2.17. The number of nitriles is 1. The number of aryl methyl sites for hydroxylation is 1. The van der Waals surface area contributed by atoms with Crippen LogP contribution in [-0.2, 0) is 0 Å². The van der Waals surface area contributed by atoms with E-state index in [2.05, 4.69) is 213 Å². The molecule has 4 heterocycles. The highest BCUT2D eigenvalue weighted by molar-refractivity contribution is 6.28. The molecular weight excluding hydrogens is 757 g/mol. The van der Waals surface area contributed by atoms with Gasteiger partial charge in [-0.05, 0) is 85.3 Å². The third-order valence-electron chi connectivity index (χ3n) is 13.0. The summed E-state index contributed by atoms with van der Waals surface area (Å²) in [6, 6.07) is 69.3. The Hall–Kier alpha value is -8.53. The van der Waals surface area contributed by atoms with Crippen molar-refractivity contribution in [3.05, 3.63) is 199 Å². The van der Waals surface area contributed by atoms with Crippen molar-refractivity contribution >= 4 is 92.9 Å². The number of benzene rings is 9. The number of para-hydroxylation sites is 5. The van der Waals surface area contributed by atoms with Crippen molar-refractivity contribution in [2.75, 3.05) is 5.73 Å². The molecule has 6 heteroatoms. The standard InChI is InChI=1S/C56H36N6/c1-34-14-13-17-37(30-34)60-46-23-10-6-19-39(46)41-26-28-49-53(56(41)60)42-20-7-11-24-47(42)61(49)51-32-52(44(58)31-35(51)33-57)62-48-25-12-8-21-43(48)54-50(62)29-27-40-38-18-5-9-22-45(38)59(55(40)54)36-15-3-2-4-16-36/h2-32H,58H2,1H3. The van der Waals surface area contributed by atoms with Gasteiger partial charge in [0, 0.05) is 54.5 Å². The number of nitrogens with two attached hydrogens (primary N) is 1. The molecule has 0 aliphatic heterocycles. The first-order valence-electron chi connectivity index (χ1n) is 21.0. The summed E-state index contributed by atoms with van der Waals surface area (Å²) in [5, 5.41) is 20.2. The number of anilines is 1. The minimum absolute atomic E-state index is 0.501. The van der Waals surface area contributed by atoms with Gasteiger partial charge in [-0.3, -0.25) is 0 Å². The van der Waals surface area contributed by atoms with Crippen molar-refractivity contribution in [2.24, 2.45) is 0 Å². The van der Waals surface area contributed by atoms with Crippen LogP contribution in [0.5, 0.6) is 0 Å². The van der Waals surface area contributed by atoms with Crippen LogP contribution in [0, 0.1) is 18.3 Å². The Balaban J connectivity index is 1.15. The molecule has 0 atom stereocenters. The Bertz CT molecular complexity index is 4070. The number of hydrogen-bond acceptors (Lipinski definition) is 2. The maximum atomic E-state index is 10.9. The van der Waals surface area contributed by atoms with Crippen molar-refractivity contribution in [1.82, 2.24) is 18.3 Å². The molecule has 0 saturated carbocycles. The van der Waals surface area contributed by atoms with Crippen molar-refractivity contribution in [1.29, 1.82) is 5.26 Å². The number of aromatic nitrogens is 4. The summed E-state index contributed by atoms with van der Waals surface area (Å²) < 4.78 is 9.36. The molecule has 0 fully saturated rings. The van der Waals surface area contributed by atoms with Crippen LogP contribution in [0.2, 0.25) is 0 Å². The monoisotopic (exact) mass is 792 g/mol. The van der Waals surface area contributed by atoms with E-state index in [4.69, 9.17) is 5.73 Å². The molecule has 0 spiro atoms. The molecule has 13 rings (SSSR count). The van der Waals surface area contributed by atoms with Crippen LogP contribution in [0.25, 0.3) is 110 Å². The number of rotatable bonds is 4. The normalized spacial score (nSPS) is 12.0. The van der Waals surface area contributed by atoms with Crippen molar-refractivity contribution < 1.29 is 0 Å². The first-order chi connectivity index (χ1) is 30.6. The smallest absolute Gasteiger partial charge is 0.101 e. The van der Waals surface area contributed by atoms with Crippen LogP contribution in [0.1, 0.15) is 11.1 Å². The highest BCUT2D eigenvalue weighted by atomic mass is 15.0.